The lowest BCUT2D eigenvalue weighted by molar-refractivity contribution is 0.0239. The number of likely N-dealkylation sites (tertiary alicyclic amines) is 1. The second-order valence-corrected chi connectivity index (χ2v) is 5.88. The molecule has 3 heteroatoms. The smallest absolute Gasteiger partial charge is 0.0693 e. The van der Waals surface area contributed by atoms with Crippen LogP contribution >= 0.6 is 0 Å². The van der Waals surface area contributed by atoms with E-state index >= 15 is 0 Å². The molecule has 2 rings (SSSR count). The van der Waals surface area contributed by atoms with Gasteiger partial charge in [0.25, 0.3) is 0 Å². The van der Waals surface area contributed by atoms with Crippen molar-refractivity contribution in [3.8, 4) is 0 Å². The van der Waals surface area contributed by atoms with Gasteiger partial charge in [-0.3, -0.25) is 0 Å². The van der Waals surface area contributed by atoms with Crippen LogP contribution in [0.5, 0.6) is 0 Å². The van der Waals surface area contributed by atoms with Crippen LogP contribution in [0.2, 0.25) is 0 Å². The van der Waals surface area contributed by atoms with Crippen molar-refractivity contribution in [2.24, 2.45) is 11.8 Å². The highest BCUT2D eigenvalue weighted by Crippen LogP contribution is 2.20. The molecule has 2 fully saturated rings. The fraction of sp³-hybridized carbons (Fsp3) is 1.00. The maximum absolute atomic E-state index is 9.83. The highest BCUT2D eigenvalue weighted by Gasteiger charge is 2.26. The van der Waals surface area contributed by atoms with Gasteiger partial charge in [-0.25, -0.2) is 0 Å². The maximum Gasteiger partial charge on any atom is 0.0693 e. The zero-order valence-corrected chi connectivity index (χ0v) is 10.7. The van der Waals surface area contributed by atoms with Gasteiger partial charge in [0.15, 0.2) is 0 Å². The van der Waals surface area contributed by atoms with Crippen molar-refractivity contribution in [3.05, 3.63) is 0 Å². The lowest BCUT2D eigenvalue weighted by Gasteiger charge is -2.35. The molecule has 2 aliphatic rings. The predicted molar refractivity (Wildman–Crippen MR) is 66.4 cm³/mol. The average Bonchev–Trinajstić information content (AvgIpc) is 3.04. The third kappa shape index (κ3) is 3.72. The molecule has 1 saturated carbocycles. The Morgan fingerprint density at radius 1 is 1.38 bits per heavy atom. The van der Waals surface area contributed by atoms with E-state index in [1.807, 2.05) is 0 Å². The summed E-state index contributed by atoms with van der Waals surface area (Å²) in [4.78, 5) is 2.42. The molecule has 0 spiro atoms. The van der Waals surface area contributed by atoms with Gasteiger partial charge in [0, 0.05) is 19.1 Å². The van der Waals surface area contributed by atoms with Gasteiger partial charge in [0.2, 0.25) is 0 Å². The van der Waals surface area contributed by atoms with E-state index in [9.17, 15) is 5.11 Å². The SMILES string of the molecule is CC(CNC1CC1)CN1CCC(C)C(O)C1. The van der Waals surface area contributed by atoms with E-state index in [2.05, 4.69) is 24.1 Å². The van der Waals surface area contributed by atoms with Crippen LogP contribution in [0.3, 0.4) is 0 Å². The van der Waals surface area contributed by atoms with Crippen LogP contribution in [0.15, 0.2) is 0 Å². The van der Waals surface area contributed by atoms with Crippen molar-refractivity contribution in [3.63, 3.8) is 0 Å². The first-order valence-electron chi connectivity index (χ1n) is 6.79. The number of β-amino-alcohol motifs (C(OH)–C–C–N with tert-alkyl or cyclic N) is 1. The monoisotopic (exact) mass is 226 g/mol. The molecule has 1 heterocycles. The molecule has 1 aliphatic carbocycles. The summed E-state index contributed by atoms with van der Waals surface area (Å²) in [5, 5.41) is 13.4. The molecule has 3 unspecified atom stereocenters. The minimum atomic E-state index is -0.114. The topological polar surface area (TPSA) is 35.5 Å². The Hall–Kier alpha value is -0.120. The maximum atomic E-state index is 9.83. The van der Waals surface area contributed by atoms with Gasteiger partial charge < -0.3 is 15.3 Å². The fourth-order valence-corrected chi connectivity index (χ4v) is 2.44. The summed E-state index contributed by atoms with van der Waals surface area (Å²) in [6.45, 7) is 8.75. The Morgan fingerprint density at radius 2 is 2.12 bits per heavy atom. The fourth-order valence-electron chi connectivity index (χ4n) is 2.44. The molecule has 1 aliphatic heterocycles. The molecule has 2 N–H and O–H groups in total. The second-order valence-electron chi connectivity index (χ2n) is 5.88. The van der Waals surface area contributed by atoms with E-state index < -0.39 is 0 Å². The summed E-state index contributed by atoms with van der Waals surface area (Å²) >= 11 is 0. The second kappa shape index (κ2) is 5.48. The molecule has 0 amide bonds. The third-order valence-corrected chi connectivity index (χ3v) is 3.90. The molecule has 3 nitrogen and oxygen atoms in total. The largest absolute Gasteiger partial charge is 0.392 e. The zero-order chi connectivity index (χ0) is 11.5. The lowest BCUT2D eigenvalue weighted by Crippen LogP contribution is -2.45. The first kappa shape index (κ1) is 12.3. The number of hydrogen-bond acceptors (Lipinski definition) is 3. The quantitative estimate of drug-likeness (QED) is 0.736. The van der Waals surface area contributed by atoms with Gasteiger partial charge >= 0.3 is 0 Å². The molecule has 0 radical (unpaired) electrons. The first-order chi connectivity index (χ1) is 7.65. The van der Waals surface area contributed by atoms with Crippen LogP contribution in [0.25, 0.3) is 0 Å². The number of aliphatic hydroxyl groups excluding tert-OH is 1. The predicted octanol–water partition coefficient (Wildman–Crippen LogP) is 1.08. The third-order valence-electron chi connectivity index (χ3n) is 3.90. The van der Waals surface area contributed by atoms with E-state index in [-0.39, 0.29) is 6.10 Å². The minimum absolute atomic E-state index is 0.114. The van der Waals surface area contributed by atoms with Crippen molar-refractivity contribution in [1.29, 1.82) is 0 Å². The van der Waals surface area contributed by atoms with Crippen LogP contribution in [-0.4, -0.2) is 48.3 Å². The lowest BCUT2D eigenvalue weighted by atomic mass is 9.95. The Balaban J connectivity index is 1.63. The first-order valence-corrected chi connectivity index (χ1v) is 6.79. The van der Waals surface area contributed by atoms with Crippen LogP contribution in [0.1, 0.15) is 33.1 Å². The normalized spacial score (nSPS) is 33.9. The zero-order valence-electron chi connectivity index (χ0n) is 10.7. The van der Waals surface area contributed by atoms with Crippen LogP contribution in [-0.2, 0) is 0 Å². The summed E-state index contributed by atoms with van der Waals surface area (Å²) < 4.78 is 0. The van der Waals surface area contributed by atoms with Crippen LogP contribution in [0.4, 0.5) is 0 Å². The van der Waals surface area contributed by atoms with Crippen LogP contribution < -0.4 is 5.32 Å². The molecule has 0 aromatic heterocycles. The van der Waals surface area contributed by atoms with Gasteiger partial charge in [-0.15, -0.1) is 0 Å². The van der Waals surface area contributed by atoms with Gasteiger partial charge in [0.1, 0.15) is 0 Å². The van der Waals surface area contributed by atoms with Crippen molar-refractivity contribution in [2.45, 2.75) is 45.3 Å². The Morgan fingerprint density at radius 3 is 2.75 bits per heavy atom. The molecule has 3 atom stereocenters. The van der Waals surface area contributed by atoms with Gasteiger partial charge in [-0.1, -0.05) is 13.8 Å². The summed E-state index contributed by atoms with van der Waals surface area (Å²) in [6.07, 6.45) is 3.76. The van der Waals surface area contributed by atoms with E-state index in [1.54, 1.807) is 0 Å². The number of nitrogens with zero attached hydrogens (tertiary/aromatic N) is 1. The summed E-state index contributed by atoms with van der Waals surface area (Å²) in [5.41, 5.74) is 0. The summed E-state index contributed by atoms with van der Waals surface area (Å²) in [6, 6.07) is 0.814. The molecule has 1 saturated heterocycles. The van der Waals surface area contributed by atoms with Gasteiger partial charge in [-0.2, -0.15) is 0 Å². The van der Waals surface area contributed by atoms with Crippen molar-refractivity contribution < 1.29 is 5.11 Å². The minimum Gasteiger partial charge on any atom is -0.392 e. The van der Waals surface area contributed by atoms with E-state index in [1.165, 1.54) is 12.8 Å². The molecular weight excluding hydrogens is 200 g/mol. The van der Waals surface area contributed by atoms with Crippen molar-refractivity contribution >= 4 is 0 Å². The number of hydrogen-bond donors (Lipinski definition) is 2. The Kier molecular flexibility index (Phi) is 4.22. The van der Waals surface area contributed by atoms with Crippen LogP contribution in [0, 0.1) is 11.8 Å². The number of nitrogens with one attached hydrogen (secondary N) is 1. The Bertz CT molecular complexity index is 218. The molecule has 16 heavy (non-hydrogen) atoms. The highest BCUT2D eigenvalue weighted by atomic mass is 16.3. The molecule has 94 valence electrons. The van der Waals surface area contributed by atoms with E-state index in [0.717, 1.165) is 38.6 Å². The van der Waals surface area contributed by atoms with Crippen molar-refractivity contribution in [2.75, 3.05) is 26.2 Å². The van der Waals surface area contributed by atoms with Gasteiger partial charge in [-0.05, 0) is 44.2 Å². The van der Waals surface area contributed by atoms with Gasteiger partial charge in [0.05, 0.1) is 6.10 Å². The number of aliphatic hydroxyl groups is 1. The van der Waals surface area contributed by atoms with Crippen molar-refractivity contribution in [1.82, 2.24) is 10.2 Å². The average molecular weight is 226 g/mol. The molecule has 0 aromatic rings. The van der Waals surface area contributed by atoms with E-state index in [0.29, 0.717) is 11.8 Å². The number of piperidine rings is 1. The molecule has 0 bridgehead atoms. The number of rotatable bonds is 5. The summed E-state index contributed by atoms with van der Waals surface area (Å²) in [5.74, 6) is 1.18. The Labute approximate surface area is 99.2 Å². The highest BCUT2D eigenvalue weighted by molar-refractivity contribution is 4.83. The summed E-state index contributed by atoms with van der Waals surface area (Å²) in [7, 11) is 0. The molecular formula is C13H26N2O. The molecule has 0 aromatic carbocycles. The standard InChI is InChI=1S/C13H26N2O/c1-10(7-14-12-3-4-12)8-15-6-5-11(2)13(16)9-15/h10-14,16H,3-9H2,1-2H3. The van der Waals surface area contributed by atoms with E-state index in [4.69, 9.17) is 0 Å².